The van der Waals surface area contributed by atoms with Gasteiger partial charge in [-0.2, -0.15) is 0 Å². The van der Waals surface area contributed by atoms with Crippen molar-refractivity contribution in [1.29, 1.82) is 0 Å². The van der Waals surface area contributed by atoms with E-state index in [-0.39, 0.29) is 11.7 Å². The molecule has 0 radical (unpaired) electrons. The number of nitrogens with two attached hydrogens (primary N) is 1. The van der Waals surface area contributed by atoms with Crippen LogP contribution in [0.4, 0.5) is 16.0 Å². The number of hydrogen-bond acceptors (Lipinski definition) is 5. The molecule has 0 saturated carbocycles. The maximum absolute atomic E-state index is 12.9. The third-order valence-corrected chi connectivity index (χ3v) is 3.19. The number of hydrazine groups is 1. The molecule has 0 atom stereocenters. The highest BCUT2D eigenvalue weighted by Gasteiger charge is 2.12. The van der Waals surface area contributed by atoms with E-state index < -0.39 is 0 Å². The summed E-state index contributed by atoms with van der Waals surface area (Å²) in [7, 11) is 0. The Morgan fingerprint density at radius 2 is 1.76 bits per heavy atom. The summed E-state index contributed by atoms with van der Waals surface area (Å²) in [6.45, 7) is 6.50. The quantitative estimate of drug-likeness (QED) is 0.583. The summed E-state index contributed by atoms with van der Waals surface area (Å²) < 4.78 is 12.9. The Balaban J connectivity index is 2.22. The van der Waals surface area contributed by atoms with Crippen LogP contribution >= 0.6 is 0 Å². The summed E-state index contributed by atoms with van der Waals surface area (Å²) in [4.78, 5) is 8.90. The van der Waals surface area contributed by atoms with Crippen molar-refractivity contribution >= 4 is 11.6 Å². The Kier molecular flexibility index (Phi) is 4.70. The maximum atomic E-state index is 12.9. The molecule has 1 heterocycles. The van der Waals surface area contributed by atoms with E-state index in [1.54, 1.807) is 12.1 Å². The predicted octanol–water partition coefficient (Wildman–Crippen LogP) is 2.95. The lowest BCUT2D eigenvalue weighted by atomic mass is 10.2. The number of nitrogens with zero attached hydrogens (tertiary/aromatic N) is 2. The maximum Gasteiger partial charge on any atom is 0.148 e. The van der Waals surface area contributed by atoms with Gasteiger partial charge in [0.05, 0.1) is 0 Å². The average Bonchev–Trinajstić information content (AvgIpc) is 2.47. The van der Waals surface area contributed by atoms with Crippen LogP contribution in [0.5, 0.6) is 0 Å². The highest BCUT2D eigenvalue weighted by atomic mass is 19.1. The van der Waals surface area contributed by atoms with E-state index in [2.05, 4.69) is 20.7 Å². The third-order valence-electron chi connectivity index (χ3n) is 3.19. The fraction of sp³-hybridized carbons (Fsp3) is 0.333. The van der Waals surface area contributed by atoms with Crippen molar-refractivity contribution in [3.8, 4) is 0 Å². The molecule has 0 fully saturated rings. The minimum Gasteiger partial charge on any atom is -0.366 e. The molecule has 0 aliphatic heterocycles. The number of hydrogen-bond donors (Lipinski definition) is 3. The zero-order valence-corrected chi connectivity index (χ0v) is 12.4. The summed E-state index contributed by atoms with van der Waals surface area (Å²) in [6, 6.07) is 6.36. The van der Waals surface area contributed by atoms with E-state index in [9.17, 15) is 4.39 Å². The van der Waals surface area contributed by atoms with Gasteiger partial charge in [-0.3, -0.25) is 0 Å². The molecule has 0 spiro atoms. The number of rotatable bonds is 5. The first-order valence-corrected chi connectivity index (χ1v) is 6.84. The van der Waals surface area contributed by atoms with Crippen LogP contribution in [-0.2, 0) is 6.54 Å². The van der Waals surface area contributed by atoms with Crippen molar-refractivity contribution in [2.24, 2.45) is 5.84 Å². The molecule has 4 N–H and O–H groups in total. The average molecular weight is 289 g/mol. The second-order valence-corrected chi connectivity index (χ2v) is 5.18. The van der Waals surface area contributed by atoms with E-state index in [4.69, 9.17) is 5.84 Å². The van der Waals surface area contributed by atoms with Gasteiger partial charge in [0.25, 0.3) is 0 Å². The fourth-order valence-corrected chi connectivity index (χ4v) is 1.89. The summed E-state index contributed by atoms with van der Waals surface area (Å²) in [5.74, 6) is 7.51. The molecule has 1 aromatic carbocycles. The Morgan fingerprint density at radius 1 is 1.14 bits per heavy atom. The highest BCUT2D eigenvalue weighted by Crippen LogP contribution is 2.23. The molecule has 0 amide bonds. The van der Waals surface area contributed by atoms with Gasteiger partial charge in [-0.1, -0.05) is 26.0 Å². The van der Waals surface area contributed by atoms with Gasteiger partial charge in [-0.15, -0.1) is 0 Å². The molecule has 0 unspecified atom stereocenters. The van der Waals surface area contributed by atoms with Gasteiger partial charge in [0, 0.05) is 18.0 Å². The Hall–Kier alpha value is -2.21. The summed E-state index contributed by atoms with van der Waals surface area (Å²) in [5.41, 5.74) is 4.42. The minimum atomic E-state index is -0.242. The molecule has 112 valence electrons. The monoisotopic (exact) mass is 289 g/mol. The van der Waals surface area contributed by atoms with Crippen LogP contribution in [-0.4, -0.2) is 9.97 Å². The minimum absolute atomic E-state index is 0.198. The first kappa shape index (κ1) is 15.2. The zero-order chi connectivity index (χ0) is 15.4. The van der Waals surface area contributed by atoms with Crippen LogP contribution in [0.15, 0.2) is 24.3 Å². The molecule has 1 aromatic heterocycles. The molecule has 0 bridgehead atoms. The molecule has 6 heteroatoms. The van der Waals surface area contributed by atoms with Crippen molar-refractivity contribution < 1.29 is 4.39 Å². The second kappa shape index (κ2) is 6.49. The van der Waals surface area contributed by atoms with E-state index in [0.29, 0.717) is 12.4 Å². The van der Waals surface area contributed by atoms with Gasteiger partial charge < -0.3 is 10.7 Å². The van der Waals surface area contributed by atoms with E-state index >= 15 is 0 Å². The standard InChI is InChI=1S/C15H20FN5/c1-9(2)13-19-14(10(3)15(20-13)21-17)18-8-11-4-6-12(16)7-5-11/h4-7,9H,8,17H2,1-3H3,(H2,18,19,20,21). The van der Waals surface area contributed by atoms with Gasteiger partial charge >= 0.3 is 0 Å². The Labute approximate surface area is 123 Å². The van der Waals surface area contributed by atoms with E-state index in [0.717, 1.165) is 22.8 Å². The lowest BCUT2D eigenvalue weighted by Gasteiger charge is -2.15. The number of nitrogen functional groups attached to an aromatic ring is 1. The lowest BCUT2D eigenvalue weighted by Crippen LogP contribution is -2.15. The number of anilines is 2. The van der Waals surface area contributed by atoms with E-state index in [1.165, 1.54) is 12.1 Å². The van der Waals surface area contributed by atoms with Crippen LogP contribution in [0.3, 0.4) is 0 Å². The van der Waals surface area contributed by atoms with Crippen molar-refractivity contribution in [1.82, 2.24) is 9.97 Å². The highest BCUT2D eigenvalue weighted by molar-refractivity contribution is 5.57. The molecule has 2 aromatic rings. The summed E-state index contributed by atoms with van der Waals surface area (Å²) in [6.07, 6.45) is 0. The SMILES string of the molecule is Cc1c(NN)nc(C(C)C)nc1NCc1ccc(F)cc1. The van der Waals surface area contributed by atoms with Crippen LogP contribution in [0.1, 0.15) is 36.7 Å². The molecule has 0 aliphatic rings. The molecular formula is C15H20FN5. The van der Waals surface area contributed by atoms with Gasteiger partial charge in [0.1, 0.15) is 23.3 Å². The van der Waals surface area contributed by atoms with Gasteiger partial charge in [0.15, 0.2) is 0 Å². The topological polar surface area (TPSA) is 75.9 Å². The number of benzene rings is 1. The molecule has 0 saturated heterocycles. The summed E-state index contributed by atoms with van der Waals surface area (Å²) >= 11 is 0. The summed E-state index contributed by atoms with van der Waals surface area (Å²) in [5, 5.41) is 3.25. The van der Waals surface area contributed by atoms with Crippen molar-refractivity contribution in [3.05, 3.63) is 47.0 Å². The second-order valence-electron chi connectivity index (χ2n) is 5.18. The predicted molar refractivity (Wildman–Crippen MR) is 82.4 cm³/mol. The molecule has 2 rings (SSSR count). The van der Waals surface area contributed by atoms with Crippen LogP contribution in [0.2, 0.25) is 0 Å². The van der Waals surface area contributed by atoms with Crippen molar-refractivity contribution in [2.75, 3.05) is 10.7 Å². The van der Waals surface area contributed by atoms with Crippen LogP contribution in [0.25, 0.3) is 0 Å². The smallest absolute Gasteiger partial charge is 0.148 e. The Morgan fingerprint density at radius 3 is 2.33 bits per heavy atom. The van der Waals surface area contributed by atoms with Crippen LogP contribution in [0, 0.1) is 12.7 Å². The third kappa shape index (κ3) is 3.66. The fourth-order valence-electron chi connectivity index (χ4n) is 1.89. The van der Waals surface area contributed by atoms with Crippen LogP contribution < -0.4 is 16.6 Å². The lowest BCUT2D eigenvalue weighted by molar-refractivity contribution is 0.627. The number of nitrogens with one attached hydrogen (secondary N) is 2. The molecule has 5 nitrogen and oxygen atoms in total. The molecular weight excluding hydrogens is 269 g/mol. The van der Waals surface area contributed by atoms with Crippen molar-refractivity contribution in [2.45, 2.75) is 33.2 Å². The normalized spacial score (nSPS) is 10.8. The molecule has 21 heavy (non-hydrogen) atoms. The number of halogens is 1. The first-order chi connectivity index (χ1) is 10.0. The van der Waals surface area contributed by atoms with Gasteiger partial charge in [-0.05, 0) is 24.6 Å². The molecule has 0 aliphatic carbocycles. The van der Waals surface area contributed by atoms with Gasteiger partial charge in [-0.25, -0.2) is 20.2 Å². The van der Waals surface area contributed by atoms with E-state index in [1.807, 2.05) is 20.8 Å². The van der Waals surface area contributed by atoms with Crippen molar-refractivity contribution in [3.63, 3.8) is 0 Å². The Bertz CT molecular complexity index is 610. The van der Waals surface area contributed by atoms with Gasteiger partial charge in [0.2, 0.25) is 0 Å². The zero-order valence-electron chi connectivity index (χ0n) is 12.4. The number of aromatic nitrogens is 2. The largest absolute Gasteiger partial charge is 0.366 e. The first-order valence-electron chi connectivity index (χ1n) is 6.84.